The zero-order valence-corrected chi connectivity index (χ0v) is 21.9. The molecule has 0 bridgehead atoms. The number of benzene rings is 1. The number of aryl methyl sites for hydroxylation is 1. The second-order valence-corrected chi connectivity index (χ2v) is 10.3. The van der Waals surface area contributed by atoms with Gasteiger partial charge in [0, 0.05) is 42.1 Å². The molecule has 198 valence electrons. The van der Waals surface area contributed by atoms with Gasteiger partial charge in [0.2, 0.25) is 0 Å². The van der Waals surface area contributed by atoms with E-state index in [1.165, 1.54) is 11.3 Å². The summed E-state index contributed by atoms with van der Waals surface area (Å²) in [6.45, 7) is 3.20. The Morgan fingerprint density at radius 1 is 1.18 bits per heavy atom. The molecule has 1 saturated heterocycles. The van der Waals surface area contributed by atoms with E-state index < -0.39 is 11.7 Å². The van der Waals surface area contributed by atoms with Gasteiger partial charge in [-0.1, -0.05) is 29.4 Å². The number of urea groups is 1. The van der Waals surface area contributed by atoms with E-state index in [4.69, 9.17) is 0 Å². The van der Waals surface area contributed by atoms with E-state index in [1.807, 2.05) is 21.0 Å². The number of alkyl halides is 3. The highest BCUT2D eigenvalue weighted by Crippen LogP contribution is 2.29. The Labute approximate surface area is 222 Å². The van der Waals surface area contributed by atoms with E-state index in [0.29, 0.717) is 40.3 Å². The van der Waals surface area contributed by atoms with E-state index in [9.17, 15) is 22.8 Å². The summed E-state index contributed by atoms with van der Waals surface area (Å²) in [7, 11) is 4.00. The van der Waals surface area contributed by atoms with Gasteiger partial charge in [0.05, 0.1) is 23.1 Å². The van der Waals surface area contributed by atoms with Gasteiger partial charge in [0.1, 0.15) is 0 Å². The van der Waals surface area contributed by atoms with Crippen molar-refractivity contribution in [3.05, 3.63) is 75.6 Å². The summed E-state index contributed by atoms with van der Waals surface area (Å²) >= 11 is 1.25. The van der Waals surface area contributed by atoms with E-state index in [-0.39, 0.29) is 23.9 Å². The molecule has 1 fully saturated rings. The standard InChI is InChI=1S/C27H26F3N5O2S/c1-17-4-5-19(24(36)14-21-13-20(8-10-31-21)27(28,29)30)12-18(17)6-7-23-15-32-25(38-23)33-26(37)35-11-9-22(16-35)34(2)3/h4-5,8,10,12-13,15,22H,9,11,14,16H2,1-3H3,(H,32,33,37). The third-order valence-corrected chi connectivity index (χ3v) is 7.09. The smallest absolute Gasteiger partial charge is 0.323 e. The summed E-state index contributed by atoms with van der Waals surface area (Å²) in [5.74, 6) is 5.69. The molecular weight excluding hydrogens is 515 g/mol. The number of anilines is 1. The number of carbonyl (C=O) groups excluding carboxylic acids is 2. The van der Waals surface area contributed by atoms with Crippen molar-refractivity contribution in [2.45, 2.75) is 32.0 Å². The molecule has 3 heterocycles. The van der Waals surface area contributed by atoms with Crippen molar-refractivity contribution in [3.63, 3.8) is 0 Å². The first-order valence-corrected chi connectivity index (χ1v) is 12.7. The molecule has 1 aromatic carbocycles. The highest BCUT2D eigenvalue weighted by molar-refractivity contribution is 7.16. The fourth-order valence-electron chi connectivity index (χ4n) is 3.98. The maximum Gasteiger partial charge on any atom is 0.416 e. The first-order chi connectivity index (χ1) is 18.0. The summed E-state index contributed by atoms with van der Waals surface area (Å²) < 4.78 is 38.9. The monoisotopic (exact) mass is 541 g/mol. The minimum atomic E-state index is -4.50. The van der Waals surface area contributed by atoms with E-state index >= 15 is 0 Å². The van der Waals surface area contributed by atoms with Gasteiger partial charge in [-0.25, -0.2) is 9.78 Å². The van der Waals surface area contributed by atoms with Crippen LogP contribution in [0.4, 0.5) is 23.1 Å². The van der Waals surface area contributed by atoms with E-state index in [2.05, 4.69) is 32.0 Å². The molecule has 0 saturated carbocycles. The normalized spacial score (nSPS) is 15.3. The number of likely N-dealkylation sites (N-methyl/N-ethyl adjacent to an activating group) is 1. The maximum atomic E-state index is 13.0. The highest BCUT2D eigenvalue weighted by atomic mass is 32.1. The van der Waals surface area contributed by atoms with Gasteiger partial charge in [-0.05, 0) is 57.1 Å². The van der Waals surface area contributed by atoms with Crippen LogP contribution in [0.1, 0.15) is 44.0 Å². The van der Waals surface area contributed by atoms with Crippen LogP contribution in [0, 0.1) is 18.8 Å². The molecule has 2 aromatic heterocycles. The predicted octanol–water partition coefficient (Wildman–Crippen LogP) is 4.86. The molecule has 4 rings (SSSR count). The predicted molar refractivity (Wildman–Crippen MR) is 139 cm³/mol. The van der Waals surface area contributed by atoms with Gasteiger partial charge in [-0.15, -0.1) is 0 Å². The minimum absolute atomic E-state index is 0.0448. The molecule has 7 nitrogen and oxygen atoms in total. The Morgan fingerprint density at radius 3 is 2.68 bits per heavy atom. The lowest BCUT2D eigenvalue weighted by atomic mass is 10.00. The molecular formula is C27H26F3N5O2S. The third-order valence-electron chi connectivity index (χ3n) is 6.27. The first kappa shape index (κ1) is 27.3. The van der Waals surface area contributed by atoms with Crippen molar-refractivity contribution in [1.29, 1.82) is 0 Å². The number of Topliss-reactive ketones (excluding diaryl/α,β-unsaturated/α-hetero) is 1. The lowest BCUT2D eigenvalue weighted by Crippen LogP contribution is -2.36. The number of amides is 2. The summed E-state index contributed by atoms with van der Waals surface area (Å²) in [6, 6.07) is 6.89. The first-order valence-electron chi connectivity index (χ1n) is 11.9. The number of nitrogens with one attached hydrogen (secondary N) is 1. The third kappa shape index (κ3) is 6.76. The second kappa shape index (κ2) is 11.3. The van der Waals surface area contributed by atoms with Gasteiger partial charge in [-0.3, -0.25) is 15.1 Å². The maximum absolute atomic E-state index is 13.0. The van der Waals surface area contributed by atoms with Crippen LogP contribution in [0.2, 0.25) is 0 Å². The van der Waals surface area contributed by atoms with Crippen LogP contribution in [-0.2, 0) is 12.6 Å². The summed E-state index contributed by atoms with van der Waals surface area (Å²) in [6.07, 6.45) is -1.22. The van der Waals surface area contributed by atoms with Crippen LogP contribution in [0.3, 0.4) is 0 Å². The Bertz CT molecular complexity index is 1410. The van der Waals surface area contributed by atoms with Gasteiger partial charge in [-0.2, -0.15) is 13.2 Å². The molecule has 0 radical (unpaired) electrons. The minimum Gasteiger partial charge on any atom is -0.323 e. The van der Waals surface area contributed by atoms with Gasteiger partial charge in [0.15, 0.2) is 10.9 Å². The van der Waals surface area contributed by atoms with Crippen LogP contribution < -0.4 is 5.32 Å². The van der Waals surface area contributed by atoms with Crippen LogP contribution in [0.5, 0.6) is 0 Å². The zero-order valence-electron chi connectivity index (χ0n) is 21.1. The Kier molecular flexibility index (Phi) is 8.14. The van der Waals surface area contributed by atoms with E-state index in [0.717, 1.165) is 30.3 Å². The molecule has 3 aromatic rings. The van der Waals surface area contributed by atoms with Crippen molar-refractivity contribution in [1.82, 2.24) is 19.8 Å². The van der Waals surface area contributed by atoms with Crippen LogP contribution in [0.25, 0.3) is 0 Å². The number of rotatable bonds is 5. The summed E-state index contributed by atoms with van der Waals surface area (Å²) in [4.78, 5) is 38.0. The van der Waals surface area contributed by atoms with Crippen LogP contribution in [-0.4, -0.2) is 64.8 Å². The molecule has 38 heavy (non-hydrogen) atoms. The lowest BCUT2D eigenvalue weighted by Gasteiger charge is -2.20. The number of thiazole rings is 1. The fraction of sp³-hybridized carbons (Fsp3) is 0.333. The van der Waals surface area contributed by atoms with Crippen LogP contribution >= 0.6 is 11.3 Å². The number of nitrogens with zero attached hydrogens (tertiary/aromatic N) is 4. The molecule has 1 atom stereocenters. The molecule has 0 aliphatic carbocycles. The number of hydrogen-bond acceptors (Lipinski definition) is 6. The van der Waals surface area contributed by atoms with E-state index in [1.54, 1.807) is 29.3 Å². The SMILES string of the molecule is Cc1ccc(C(=O)Cc2cc(C(F)(F)F)ccn2)cc1C#Cc1cnc(NC(=O)N2CCC(N(C)C)C2)s1. The zero-order chi connectivity index (χ0) is 27.4. The average Bonchev–Trinajstić information content (AvgIpc) is 3.53. The molecule has 1 N–H and O–H groups in total. The number of pyridine rings is 1. The number of ketones is 1. The molecule has 2 amide bonds. The molecule has 1 unspecified atom stereocenters. The van der Waals surface area contributed by atoms with Crippen molar-refractivity contribution in [3.8, 4) is 11.8 Å². The molecule has 0 spiro atoms. The van der Waals surface area contributed by atoms with Gasteiger partial charge in [0.25, 0.3) is 0 Å². The molecule has 1 aliphatic heterocycles. The van der Waals surface area contributed by atoms with Crippen LogP contribution in [0.15, 0.2) is 42.7 Å². The Morgan fingerprint density at radius 2 is 1.97 bits per heavy atom. The number of hydrogen-bond donors (Lipinski definition) is 1. The molecule has 11 heteroatoms. The summed E-state index contributed by atoms with van der Waals surface area (Å²) in [5, 5.41) is 3.27. The number of aromatic nitrogens is 2. The Hall–Kier alpha value is -3.75. The largest absolute Gasteiger partial charge is 0.416 e. The lowest BCUT2D eigenvalue weighted by molar-refractivity contribution is -0.137. The van der Waals surface area contributed by atoms with Gasteiger partial charge < -0.3 is 9.80 Å². The van der Waals surface area contributed by atoms with Crippen molar-refractivity contribution >= 4 is 28.3 Å². The molecule has 1 aliphatic rings. The number of halogens is 3. The quantitative estimate of drug-likeness (QED) is 0.369. The number of likely N-dealkylation sites (tertiary alicyclic amines) is 1. The van der Waals surface area contributed by atoms with Crippen molar-refractivity contribution in [2.75, 3.05) is 32.5 Å². The average molecular weight is 542 g/mol. The Balaban J connectivity index is 1.42. The van der Waals surface area contributed by atoms with Crippen molar-refractivity contribution in [2.24, 2.45) is 0 Å². The second-order valence-electron chi connectivity index (χ2n) is 9.23. The highest BCUT2D eigenvalue weighted by Gasteiger charge is 2.31. The van der Waals surface area contributed by atoms with Gasteiger partial charge >= 0.3 is 12.2 Å². The van der Waals surface area contributed by atoms with Crippen molar-refractivity contribution < 1.29 is 22.8 Å². The topological polar surface area (TPSA) is 78.4 Å². The summed E-state index contributed by atoms with van der Waals surface area (Å²) in [5.41, 5.74) is 0.984. The number of carbonyl (C=O) groups is 2. The fourth-order valence-corrected chi connectivity index (χ4v) is 4.64.